The number of nitro benzene ring substituents is 1. The van der Waals surface area contributed by atoms with Crippen LogP contribution in [0.15, 0.2) is 48.5 Å². The van der Waals surface area contributed by atoms with Crippen molar-refractivity contribution in [3.8, 4) is 5.75 Å². The molecule has 2 rings (SSSR count). The smallest absolute Gasteiger partial charge is 0.315 e. The van der Waals surface area contributed by atoms with Gasteiger partial charge in [-0.05, 0) is 31.0 Å². The van der Waals surface area contributed by atoms with Crippen molar-refractivity contribution < 1.29 is 19.2 Å². The molecule has 126 valence electrons. The van der Waals surface area contributed by atoms with Gasteiger partial charge in [-0.15, -0.1) is 0 Å². The molecule has 6 nitrogen and oxygen atoms in total. The van der Waals surface area contributed by atoms with Crippen LogP contribution in [-0.2, 0) is 21.6 Å². The van der Waals surface area contributed by atoms with Gasteiger partial charge in [0.2, 0.25) is 0 Å². The van der Waals surface area contributed by atoms with Crippen LogP contribution in [-0.4, -0.2) is 18.0 Å². The number of benzene rings is 2. The Morgan fingerprint density at radius 3 is 2.42 bits per heavy atom. The number of rotatable bonds is 6. The molecule has 2 aromatic rings. The van der Waals surface area contributed by atoms with Crippen molar-refractivity contribution in [3.63, 3.8) is 0 Å². The lowest BCUT2D eigenvalue weighted by atomic mass is 9.84. The van der Waals surface area contributed by atoms with Crippen molar-refractivity contribution in [2.45, 2.75) is 25.9 Å². The SMILES string of the molecule is COC(=O)C(C)(C)c1ccc([N+](=O)[O-])c(OCc2ccccc2)c1. The van der Waals surface area contributed by atoms with Gasteiger partial charge in [-0.3, -0.25) is 14.9 Å². The van der Waals surface area contributed by atoms with E-state index in [1.807, 2.05) is 30.3 Å². The summed E-state index contributed by atoms with van der Waals surface area (Å²) in [6.07, 6.45) is 0. The Hall–Kier alpha value is -2.89. The highest BCUT2D eigenvalue weighted by atomic mass is 16.6. The topological polar surface area (TPSA) is 78.7 Å². The molecule has 0 aromatic heterocycles. The van der Waals surface area contributed by atoms with Crippen LogP contribution in [0.2, 0.25) is 0 Å². The Bertz CT molecular complexity index is 740. The third kappa shape index (κ3) is 3.71. The summed E-state index contributed by atoms with van der Waals surface area (Å²) in [5, 5.41) is 11.2. The van der Waals surface area contributed by atoms with E-state index in [0.29, 0.717) is 5.56 Å². The third-order valence-corrected chi connectivity index (χ3v) is 3.81. The van der Waals surface area contributed by atoms with Gasteiger partial charge in [0.05, 0.1) is 17.4 Å². The average molecular weight is 329 g/mol. The summed E-state index contributed by atoms with van der Waals surface area (Å²) in [5.74, 6) is -0.302. The zero-order chi connectivity index (χ0) is 17.7. The zero-order valence-electron chi connectivity index (χ0n) is 13.8. The molecule has 0 aliphatic heterocycles. The Balaban J connectivity index is 2.35. The Labute approximate surface area is 140 Å². The molecule has 24 heavy (non-hydrogen) atoms. The highest BCUT2D eigenvalue weighted by Crippen LogP contribution is 2.34. The van der Waals surface area contributed by atoms with Gasteiger partial charge in [-0.25, -0.2) is 0 Å². The molecule has 0 fully saturated rings. The summed E-state index contributed by atoms with van der Waals surface area (Å²) in [6.45, 7) is 3.59. The van der Waals surface area contributed by atoms with E-state index < -0.39 is 16.3 Å². The van der Waals surface area contributed by atoms with E-state index in [1.165, 1.54) is 19.2 Å². The summed E-state index contributed by atoms with van der Waals surface area (Å²) in [4.78, 5) is 22.7. The molecule has 0 aliphatic carbocycles. The summed E-state index contributed by atoms with van der Waals surface area (Å²) in [5.41, 5.74) is 0.400. The van der Waals surface area contributed by atoms with Crippen molar-refractivity contribution in [2.24, 2.45) is 0 Å². The van der Waals surface area contributed by atoms with Crippen LogP contribution < -0.4 is 4.74 Å². The maximum absolute atomic E-state index is 11.9. The molecule has 0 N–H and O–H groups in total. The van der Waals surface area contributed by atoms with E-state index in [9.17, 15) is 14.9 Å². The number of nitro groups is 1. The first-order valence-electron chi connectivity index (χ1n) is 7.40. The number of hydrogen-bond acceptors (Lipinski definition) is 5. The third-order valence-electron chi connectivity index (χ3n) is 3.81. The van der Waals surface area contributed by atoms with Crippen molar-refractivity contribution in [3.05, 3.63) is 69.8 Å². The first-order chi connectivity index (χ1) is 11.4. The molecule has 0 atom stereocenters. The second-order valence-electron chi connectivity index (χ2n) is 5.83. The standard InChI is InChI=1S/C18H19NO5/c1-18(2,17(20)23-3)14-9-10-15(19(21)22)16(11-14)24-12-13-7-5-4-6-8-13/h4-11H,12H2,1-3H3. The summed E-state index contributed by atoms with van der Waals surface area (Å²) < 4.78 is 10.4. The predicted octanol–water partition coefficient (Wildman–Crippen LogP) is 3.62. The number of ether oxygens (including phenoxy) is 2. The highest BCUT2D eigenvalue weighted by molar-refractivity contribution is 5.82. The van der Waals surface area contributed by atoms with E-state index in [-0.39, 0.29) is 18.0 Å². The minimum Gasteiger partial charge on any atom is -0.482 e. The normalized spacial score (nSPS) is 11.0. The highest BCUT2D eigenvalue weighted by Gasteiger charge is 2.32. The van der Waals surface area contributed by atoms with Gasteiger partial charge in [0, 0.05) is 6.07 Å². The largest absolute Gasteiger partial charge is 0.482 e. The fourth-order valence-corrected chi connectivity index (χ4v) is 2.28. The molecule has 6 heteroatoms. The second kappa shape index (κ2) is 7.12. The van der Waals surface area contributed by atoms with Gasteiger partial charge in [-0.2, -0.15) is 0 Å². The molecular weight excluding hydrogens is 310 g/mol. The van der Waals surface area contributed by atoms with Crippen LogP contribution in [0.25, 0.3) is 0 Å². The number of esters is 1. The Morgan fingerprint density at radius 1 is 1.17 bits per heavy atom. The molecular formula is C18H19NO5. The molecule has 0 saturated carbocycles. The minimum atomic E-state index is -0.936. The van der Waals surface area contributed by atoms with Crippen molar-refractivity contribution in [2.75, 3.05) is 7.11 Å². The molecule has 0 saturated heterocycles. The van der Waals surface area contributed by atoms with Gasteiger partial charge in [0.25, 0.3) is 0 Å². The van der Waals surface area contributed by atoms with Crippen LogP contribution >= 0.6 is 0 Å². The van der Waals surface area contributed by atoms with Gasteiger partial charge >= 0.3 is 11.7 Å². The van der Waals surface area contributed by atoms with Crippen LogP contribution in [0.3, 0.4) is 0 Å². The molecule has 0 heterocycles. The minimum absolute atomic E-state index is 0.123. The molecule has 0 amide bonds. The van der Waals surface area contributed by atoms with Gasteiger partial charge in [0.15, 0.2) is 5.75 Å². The number of carbonyl (C=O) groups is 1. The number of methoxy groups -OCH3 is 1. The van der Waals surface area contributed by atoms with Crippen LogP contribution in [0, 0.1) is 10.1 Å². The first kappa shape index (κ1) is 17.5. The lowest BCUT2D eigenvalue weighted by Gasteiger charge is -2.22. The van der Waals surface area contributed by atoms with Crippen molar-refractivity contribution >= 4 is 11.7 Å². The van der Waals surface area contributed by atoms with E-state index in [2.05, 4.69) is 0 Å². The van der Waals surface area contributed by atoms with Crippen LogP contribution in [0.5, 0.6) is 5.75 Å². The number of carbonyl (C=O) groups excluding carboxylic acids is 1. The monoisotopic (exact) mass is 329 g/mol. The average Bonchev–Trinajstić information content (AvgIpc) is 2.59. The van der Waals surface area contributed by atoms with Crippen molar-refractivity contribution in [1.29, 1.82) is 0 Å². The maximum atomic E-state index is 11.9. The fraction of sp³-hybridized carbons (Fsp3) is 0.278. The van der Waals surface area contributed by atoms with Crippen molar-refractivity contribution in [1.82, 2.24) is 0 Å². The molecule has 0 spiro atoms. The maximum Gasteiger partial charge on any atom is 0.315 e. The predicted molar refractivity (Wildman–Crippen MR) is 88.9 cm³/mol. The van der Waals surface area contributed by atoms with E-state index in [1.54, 1.807) is 19.9 Å². The first-order valence-corrected chi connectivity index (χ1v) is 7.40. The molecule has 0 bridgehead atoms. The van der Waals surface area contributed by atoms with E-state index >= 15 is 0 Å². The van der Waals surface area contributed by atoms with Gasteiger partial charge in [-0.1, -0.05) is 36.4 Å². The summed E-state index contributed by atoms with van der Waals surface area (Å²) in [7, 11) is 1.31. The fourth-order valence-electron chi connectivity index (χ4n) is 2.28. The Morgan fingerprint density at radius 2 is 1.83 bits per heavy atom. The molecule has 2 aromatic carbocycles. The molecule has 0 aliphatic rings. The second-order valence-corrected chi connectivity index (χ2v) is 5.83. The number of nitrogens with zero attached hydrogens (tertiary/aromatic N) is 1. The summed E-state index contributed by atoms with van der Waals surface area (Å²) in [6, 6.07) is 13.8. The van der Waals surface area contributed by atoms with E-state index in [0.717, 1.165) is 5.56 Å². The zero-order valence-corrected chi connectivity index (χ0v) is 13.8. The molecule has 0 unspecified atom stereocenters. The lowest BCUT2D eigenvalue weighted by molar-refractivity contribution is -0.386. The van der Waals surface area contributed by atoms with Gasteiger partial charge < -0.3 is 9.47 Å². The summed E-state index contributed by atoms with van der Waals surface area (Å²) >= 11 is 0. The van der Waals surface area contributed by atoms with Crippen LogP contribution in [0.1, 0.15) is 25.0 Å². The molecule has 0 radical (unpaired) electrons. The number of hydrogen-bond donors (Lipinski definition) is 0. The van der Waals surface area contributed by atoms with Crippen LogP contribution in [0.4, 0.5) is 5.69 Å². The van der Waals surface area contributed by atoms with Gasteiger partial charge in [0.1, 0.15) is 6.61 Å². The lowest BCUT2D eigenvalue weighted by Crippen LogP contribution is -2.30. The van der Waals surface area contributed by atoms with E-state index in [4.69, 9.17) is 9.47 Å². The quantitative estimate of drug-likeness (QED) is 0.459. The Kier molecular flexibility index (Phi) is 5.18.